The highest BCUT2D eigenvalue weighted by molar-refractivity contribution is 7.85. The van der Waals surface area contributed by atoms with Gasteiger partial charge in [-0.05, 0) is 23.7 Å². The van der Waals surface area contributed by atoms with Gasteiger partial charge in [-0.1, -0.05) is 27.7 Å². The van der Waals surface area contributed by atoms with Crippen molar-refractivity contribution in [3.05, 3.63) is 0 Å². The monoisotopic (exact) mass is 188 g/mol. The third-order valence-corrected chi connectivity index (χ3v) is 5.04. The Morgan fingerprint density at radius 3 is 1.83 bits per heavy atom. The van der Waals surface area contributed by atoms with Gasteiger partial charge in [-0.15, -0.1) is 0 Å². The summed E-state index contributed by atoms with van der Waals surface area (Å²) < 4.78 is 11.4. The summed E-state index contributed by atoms with van der Waals surface area (Å²) in [5.74, 6) is 3.20. The van der Waals surface area contributed by atoms with Crippen molar-refractivity contribution in [2.45, 2.75) is 34.1 Å². The Morgan fingerprint density at radius 1 is 1.17 bits per heavy atom. The number of hydrogen-bond donors (Lipinski definition) is 0. The molecule has 0 aromatic heterocycles. The molecule has 72 valence electrons. The molecule has 2 heteroatoms. The molecule has 12 heavy (non-hydrogen) atoms. The molecule has 0 aromatic carbocycles. The number of rotatable bonds is 2. The zero-order chi connectivity index (χ0) is 9.35. The molecule has 0 aromatic rings. The average molecular weight is 188 g/mol. The van der Waals surface area contributed by atoms with Crippen molar-refractivity contribution < 1.29 is 4.21 Å². The average Bonchev–Trinajstić information content (AvgIpc) is 2.32. The fraction of sp³-hybridized carbons (Fsp3) is 1.00. The molecule has 0 N–H and O–H groups in total. The van der Waals surface area contributed by atoms with Crippen LogP contribution in [0.3, 0.4) is 0 Å². The maximum Gasteiger partial charge on any atom is 0.0296 e. The lowest BCUT2D eigenvalue weighted by molar-refractivity contribution is 0.147. The molecule has 0 bridgehead atoms. The summed E-state index contributed by atoms with van der Waals surface area (Å²) in [7, 11) is -0.533. The standard InChI is InChI=1S/C10H20OS/c1-8(2)10(9(3)4)5-6-12(11)7-10/h8-9H,5-7H2,1-4H3. The Kier molecular flexibility index (Phi) is 2.97. The molecule has 1 aliphatic heterocycles. The SMILES string of the molecule is CC(C)C1(C(C)C)CCS(=O)C1. The molecule has 0 aliphatic carbocycles. The van der Waals surface area contributed by atoms with E-state index in [1.165, 1.54) is 0 Å². The molecule has 1 fully saturated rings. The topological polar surface area (TPSA) is 17.1 Å². The Bertz CT molecular complexity index is 176. The van der Waals surface area contributed by atoms with E-state index in [-0.39, 0.29) is 0 Å². The highest BCUT2D eigenvalue weighted by Gasteiger charge is 2.42. The van der Waals surface area contributed by atoms with Crippen molar-refractivity contribution in [2.75, 3.05) is 11.5 Å². The van der Waals surface area contributed by atoms with E-state index in [0.29, 0.717) is 17.3 Å². The lowest BCUT2D eigenvalue weighted by Gasteiger charge is -2.36. The highest BCUT2D eigenvalue weighted by Crippen LogP contribution is 2.44. The molecule has 1 nitrogen and oxygen atoms in total. The lowest BCUT2D eigenvalue weighted by atomic mass is 9.69. The van der Waals surface area contributed by atoms with Crippen LogP contribution in [0.15, 0.2) is 0 Å². The Morgan fingerprint density at radius 2 is 1.67 bits per heavy atom. The number of hydrogen-bond acceptors (Lipinski definition) is 1. The molecule has 1 unspecified atom stereocenters. The van der Waals surface area contributed by atoms with Gasteiger partial charge in [0.2, 0.25) is 0 Å². The normalized spacial score (nSPS) is 28.7. The lowest BCUT2D eigenvalue weighted by Crippen LogP contribution is -2.33. The van der Waals surface area contributed by atoms with Crippen LogP contribution in [0.1, 0.15) is 34.1 Å². The first-order chi connectivity index (χ1) is 5.49. The van der Waals surface area contributed by atoms with Crippen LogP contribution in [0.2, 0.25) is 0 Å². The Labute approximate surface area is 78.4 Å². The van der Waals surface area contributed by atoms with Crippen LogP contribution in [-0.2, 0) is 10.8 Å². The summed E-state index contributed by atoms with van der Waals surface area (Å²) in [5, 5.41) is 0. The van der Waals surface area contributed by atoms with E-state index in [1.807, 2.05) is 0 Å². The van der Waals surface area contributed by atoms with E-state index < -0.39 is 10.8 Å². The molecular formula is C10H20OS. The summed E-state index contributed by atoms with van der Waals surface area (Å²) in [6, 6.07) is 0. The van der Waals surface area contributed by atoms with Crippen molar-refractivity contribution in [1.29, 1.82) is 0 Å². The fourth-order valence-electron chi connectivity index (χ4n) is 2.33. The van der Waals surface area contributed by atoms with Crippen molar-refractivity contribution in [2.24, 2.45) is 17.3 Å². The van der Waals surface area contributed by atoms with Gasteiger partial charge in [-0.2, -0.15) is 0 Å². The molecule has 1 atom stereocenters. The van der Waals surface area contributed by atoms with Gasteiger partial charge in [0.15, 0.2) is 0 Å². The smallest absolute Gasteiger partial charge is 0.0296 e. The first-order valence-corrected chi connectivity index (χ1v) is 6.33. The first-order valence-electron chi connectivity index (χ1n) is 4.84. The van der Waals surface area contributed by atoms with Crippen molar-refractivity contribution in [3.63, 3.8) is 0 Å². The minimum absolute atomic E-state index is 0.366. The summed E-state index contributed by atoms with van der Waals surface area (Å²) in [6.07, 6.45) is 1.16. The predicted molar refractivity (Wildman–Crippen MR) is 54.6 cm³/mol. The fourth-order valence-corrected chi connectivity index (χ4v) is 4.49. The van der Waals surface area contributed by atoms with E-state index in [0.717, 1.165) is 17.9 Å². The maximum absolute atomic E-state index is 11.4. The molecule has 1 aliphatic rings. The van der Waals surface area contributed by atoms with Gasteiger partial charge in [0.25, 0.3) is 0 Å². The van der Waals surface area contributed by atoms with Crippen LogP contribution in [0.25, 0.3) is 0 Å². The van der Waals surface area contributed by atoms with Gasteiger partial charge in [0.1, 0.15) is 0 Å². The molecule has 0 radical (unpaired) electrons. The van der Waals surface area contributed by atoms with E-state index >= 15 is 0 Å². The minimum Gasteiger partial charge on any atom is -0.260 e. The molecule has 1 saturated heterocycles. The van der Waals surface area contributed by atoms with Gasteiger partial charge in [0.05, 0.1) is 0 Å². The van der Waals surface area contributed by atoms with Crippen LogP contribution in [0.4, 0.5) is 0 Å². The first kappa shape index (κ1) is 10.2. The quantitative estimate of drug-likeness (QED) is 0.650. The second-order valence-corrected chi connectivity index (χ2v) is 6.16. The summed E-state index contributed by atoms with van der Waals surface area (Å²) in [4.78, 5) is 0. The van der Waals surface area contributed by atoms with Crippen molar-refractivity contribution in [3.8, 4) is 0 Å². The van der Waals surface area contributed by atoms with E-state index in [2.05, 4.69) is 27.7 Å². The Balaban J connectivity index is 2.81. The van der Waals surface area contributed by atoms with Crippen LogP contribution >= 0.6 is 0 Å². The largest absolute Gasteiger partial charge is 0.260 e. The third kappa shape index (κ3) is 1.59. The molecule has 0 amide bonds. The van der Waals surface area contributed by atoms with Crippen LogP contribution in [0.5, 0.6) is 0 Å². The molecular weight excluding hydrogens is 168 g/mol. The van der Waals surface area contributed by atoms with Gasteiger partial charge in [-0.3, -0.25) is 4.21 Å². The van der Waals surface area contributed by atoms with Gasteiger partial charge in [-0.25, -0.2) is 0 Å². The Hall–Kier alpha value is 0.150. The summed E-state index contributed by atoms with van der Waals surface area (Å²) in [5.41, 5.74) is 0.366. The van der Waals surface area contributed by atoms with Gasteiger partial charge in [0, 0.05) is 22.3 Å². The highest BCUT2D eigenvalue weighted by atomic mass is 32.2. The third-order valence-electron chi connectivity index (χ3n) is 3.52. The second-order valence-electron chi connectivity index (χ2n) is 4.58. The second kappa shape index (κ2) is 3.49. The van der Waals surface area contributed by atoms with E-state index in [9.17, 15) is 4.21 Å². The zero-order valence-corrected chi connectivity index (χ0v) is 9.41. The van der Waals surface area contributed by atoms with Crippen LogP contribution in [-0.4, -0.2) is 15.7 Å². The van der Waals surface area contributed by atoms with Gasteiger partial charge < -0.3 is 0 Å². The predicted octanol–water partition coefficient (Wildman–Crippen LogP) is 2.44. The summed E-state index contributed by atoms with van der Waals surface area (Å²) in [6.45, 7) is 9.07. The molecule has 1 heterocycles. The summed E-state index contributed by atoms with van der Waals surface area (Å²) >= 11 is 0. The molecule has 0 saturated carbocycles. The maximum atomic E-state index is 11.4. The van der Waals surface area contributed by atoms with E-state index in [1.54, 1.807) is 0 Å². The van der Waals surface area contributed by atoms with Crippen molar-refractivity contribution in [1.82, 2.24) is 0 Å². The molecule has 0 spiro atoms. The zero-order valence-electron chi connectivity index (χ0n) is 8.59. The molecule has 1 rings (SSSR count). The van der Waals surface area contributed by atoms with Gasteiger partial charge >= 0.3 is 0 Å². The van der Waals surface area contributed by atoms with Crippen molar-refractivity contribution >= 4 is 10.8 Å². The van der Waals surface area contributed by atoms with Crippen LogP contribution < -0.4 is 0 Å². The minimum atomic E-state index is -0.533. The van der Waals surface area contributed by atoms with Crippen LogP contribution in [0, 0.1) is 17.3 Å². The van der Waals surface area contributed by atoms with E-state index in [4.69, 9.17) is 0 Å².